The van der Waals surface area contributed by atoms with E-state index >= 15 is 0 Å². The number of furan rings is 1. The number of nitrogen functional groups attached to an aromatic ring is 1. The average molecular weight is 180 g/mol. The number of hydrogen-bond donors (Lipinski definition) is 2. The van der Waals surface area contributed by atoms with Crippen molar-refractivity contribution >= 4 is 11.7 Å². The monoisotopic (exact) mass is 180 g/mol. The number of hydrogen-bond acceptors (Lipinski definition) is 4. The van der Waals surface area contributed by atoms with Gasteiger partial charge < -0.3 is 15.3 Å². The molecule has 1 aromatic rings. The van der Waals surface area contributed by atoms with Crippen molar-refractivity contribution in [1.29, 1.82) is 5.26 Å². The first kappa shape index (κ1) is 9.13. The second kappa shape index (κ2) is 3.19. The third-order valence-corrected chi connectivity index (χ3v) is 1.65. The molecular weight excluding hydrogens is 172 g/mol. The number of anilines is 1. The van der Waals surface area contributed by atoms with Gasteiger partial charge in [-0.1, -0.05) is 6.92 Å². The van der Waals surface area contributed by atoms with Crippen LogP contribution in [0.1, 0.15) is 28.8 Å². The highest BCUT2D eigenvalue weighted by Crippen LogP contribution is 2.24. The highest BCUT2D eigenvalue weighted by molar-refractivity contribution is 5.92. The second-order valence-electron chi connectivity index (χ2n) is 2.41. The molecule has 3 N–H and O–H groups in total. The minimum atomic E-state index is -1.26. The van der Waals surface area contributed by atoms with Crippen molar-refractivity contribution in [2.45, 2.75) is 13.3 Å². The number of nitriles is 1. The molecule has 0 aliphatic carbocycles. The lowest BCUT2D eigenvalue weighted by atomic mass is 10.2. The maximum absolute atomic E-state index is 10.5. The zero-order valence-corrected chi connectivity index (χ0v) is 7.00. The summed E-state index contributed by atoms with van der Waals surface area (Å²) in [4.78, 5) is 10.5. The Labute approximate surface area is 74.4 Å². The molecule has 0 radical (unpaired) electrons. The molecule has 0 aliphatic rings. The van der Waals surface area contributed by atoms with Crippen LogP contribution in [0.25, 0.3) is 0 Å². The highest BCUT2D eigenvalue weighted by Gasteiger charge is 2.21. The summed E-state index contributed by atoms with van der Waals surface area (Å²) in [6, 6.07) is 1.81. The van der Waals surface area contributed by atoms with Crippen LogP contribution in [0.15, 0.2) is 4.42 Å². The summed E-state index contributed by atoms with van der Waals surface area (Å²) in [5, 5.41) is 17.3. The number of carboxylic acid groups (broad SMARTS) is 1. The molecule has 5 heteroatoms. The summed E-state index contributed by atoms with van der Waals surface area (Å²) in [6.45, 7) is 1.75. The molecule has 0 bridgehead atoms. The minimum Gasteiger partial charge on any atom is -0.475 e. The van der Waals surface area contributed by atoms with Crippen molar-refractivity contribution in [2.75, 3.05) is 5.73 Å². The molecule has 68 valence electrons. The molecule has 0 atom stereocenters. The summed E-state index contributed by atoms with van der Waals surface area (Å²) in [6.07, 6.45) is 0.445. The van der Waals surface area contributed by atoms with Crippen LogP contribution in [0.4, 0.5) is 5.69 Å². The van der Waals surface area contributed by atoms with Crippen LogP contribution >= 0.6 is 0 Å². The Bertz CT molecular complexity index is 387. The zero-order chi connectivity index (χ0) is 10.0. The molecular formula is C8H8N2O3. The van der Waals surface area contributed by atoms with Crippen LogP contribution in [0.2, 0.25) is 0 Å². The van der Waals surface area contributed by atoms with E-state index in [1.165, 1.54) is 0 Å². The van der Waals surface area contributed by atoms with Crippen molar-refractivity contribution in [3.8, 4) is 6.07 Å². The largest absolute Gasteiger partial charge is 0.475 e. The lowest BCUT2D eigenvalue weighted by Crippen LogP contribution is -1.99. The molecule has 0 unspecified atom stereocenters. The van der Waals surface area contributed by atoms with Gasteiger partial charge in [0.2, 0.25) is 5.76 Å². The van der Waals surface area contributed by atoms with E-state index in [4.69, 9.17) is 20.5 Å². The van der Waals surface area contributed by atoms with Crippen LogP contribution in [-0.4, -0.2) is 11.1 Å². The van der Waals surface area contributed by atoms with Gasteiger partial charge in [-0.25, -0.2) is 4.79 Å². The first-order chi connectivity index (χ1) is 6.11. The summed E-state index contributed by atoms with van der Waals surface area (Å²) < 4.78 is 4.90. The number of aromatic carboxylic acids is 1. The summed E-state index contributed by atoms with van der Waals surface area (Å²) >= 11 is 0. The first-order valence-electron chi connectivity index (χ1n) is 3.66. The summed E-state index contributed by atoms with van der Waals surface area (Å²) in [7, 11) is 0. The van der Waals surface area contributed by atoms with Gasteiger partial charge in [-0.2, -0.15) is 5.26 Å². The normalized spacial score (nSPS) is 9.54. The number of nitrogens with zero attached hydrogens (tertiary/aromatic N) is 1. The number of nitrogens with two attached hydrogens (primary N) is 1. The number of aryl methyl sites for hydroxylation is 1. The van der Waals surface area contributed by atoms with Crippen LogP contribution in [0, 0.1) is 11.3 Å². The SMILES string of the molecule is CCc1oc(C(=O)O)c(N)c1C#N. The molecule has 0 saturated heterocycles. The second-order valence-corrected chi connectivity index (χ2v) is 2.41. The summed E-state index contributed by atoms with van der Waals surface area (Å²) in [5.41, 5.74) is 5.43. The van der Waals surface area contributed by atoms with Crippen molar-refractivity contribution < 1.29 is 14.3 Å². The fraction of sp³-hybridized carbons (Fsp3) is 0.250. The number of carboxylic acids is 1. The van der Waals surface area contributed by atoms with Gasteiger partial charge in [-0.05, 0) is 0 Å². The Hall–Kier alpha value is -1.96. The molecule has 0 aliphatic heterocycles. The molecule has 13 heavy (non-hydrogen) atoms. The topological polar surface area (TPSA) is 100 Å². The van der Waals surface area contributed by atoms with Gasteiger partial charge in [0.05, 0.1) is 0 Å². The lowest BCUT2D eigenvalue weighted by molar-refractivity contribution is 0.0662. The molecule has 0 spiro atoms. The fourth-order valence-electron chi connectivity index (χ4n) is 1.02. The maximum atomic E-state index is 10.5. The molecule has 0 saturated carbocycles. The minimum absolute atomic E-state index is 0.0909. The lowest BCUT2D eigenvalue weighted by Gasteiger charge is -1.87. The quantitative estimate of drug-likeness (QED) is 0.706. The van der Waals surface area contributed by atoms with Gasteiger partial charge in [0.1, 0.15) is 23.1 Å². The van der Waals surface area contributed by atoms with Crippen molar-refractivity contribution in [1.82, 2.24) is 0 Å². The smallest absolute Gasteiger partial charge is 0.374 e. The van der Waals surface area contributed by atoms with Crippen molar-refractivity contribution in [3.63, 3.8) is 0 Å². The standard InChI is InChI=1S/C8H8N2O3/c1-2-5-4(3-9)6(10)7(13-5)8(11)12/h2,10H2,1H3,(H,11,12). The van der Waals surface area contributed by atoms with E-state index in [0.29, 0.717) is 12.2 Å². The predicted molar refractivity (Wildman–Crippen MR) is 44.2 cm³/mol. The van der Waals surface area contributed by atoms with Crippen LogP contribution in [0.5, 0.6) is 0 Å². The molecule has 1 rings (SSSR count). The first-order valence-corrected chi connectivity index (χ1v) is 3.66. The van der Waals surface area contributed by atoms with Crippen molar-refractivity contribution in [3.05, 3.63) is 17.1 Å². The molecule has 0 amide bonds. The Morgan fingerprint density at radius 2 is 2.38 bits per heavy atom. The van der Waals surface area contributed by atoms with E-state index < -0.39 is 5.97 Å². The van der Waals surface area contributed by atoms with E-state index in [1.54, 1.807) is 6.92 Å². The third-order valence-electron chi connectivity index (χ3n) is 1.65. The van der Waals surface area contributed by atoms with Crippen molar-refractivity contribution in [2.24, 2.45) is 0 Å². The molecule has 1 heterocycles. The fourth-order valence-corrected chi connectivity index (χ4v) is 1.02. The van der Waals surface area contributed by atoms with Gasteiger partial charge in [0.25, 0.3) is 0 Å². The predicted octanol–water partition coefficient (Wildman–Crippen LogP) is 0.994. The van der Waals surface area contributed by atoms with Gasteiger partial charge in [0.15, 0.2) is 0 Å². The Morgan fingerprint density at radius 1 is 1.77 bits per heavy atom. The van der Waals surface area contributed by atoms with Gasteiger partial charge >= 0.3 is 5.97 Å². The number of carbonyl (C=O) groups is 1. The van der Waals surface area contributed by atoms with E-state index in [2.05, 4.69) is 0 Å². The maximum Gasteiger partial charge on any atom is 0.374 e. The summed E-state index contributed by atoms with van der Waals surface area (Å²) in [5.74, 6) is -1.29. The Balaban J connectivity index is 3.37. The molecule has 0 aromatic carbocycles. The van der Waals surface area contributed by atoms with E-state index in [-0.39, 0.29) is 17.0 Å². The number of rotatable bonds is 2. The molecule has 5 nitrogen and oxygen atoms in total. The third kappa shape index (κ3) is 1.34. The van der Waals surface area contributed by atoms with Crippen LogP contribution < -0.4 is 5.73 Å². The Morgan fingerprint density at radius 3 is 2.69 bits per heavy atom. The van der Waals surface area contributed by atoms with Crippen LogP contribution in [0.3, 0.4) is 0 Å². The molecule has 0 fully saturated rings. The highest BCUT2D eigenvalue weighted by atomic mass is 16.4. The van der Waals surface area contributed by atoms with E-state index in [9.17, 15) is 4.79 Å². The van der Waals surface area contributed by atoms with Gasteiger partial charge in [-0.3, -0.25) is 0 Å². The average Bonchev–Trinajstić information content (AvgIpc) is 2.41. The van der Waals surface area contributed by atoms with Gasteiger partial charge in [0, 0.05) is 6.42 Å². The van der Waals surface area contributed by atoms with Crippen LogP contribution in [-0.2, 0) is 6.42 Å². The van der Waals surface area contributed by atoms with Gasteiger partial charge in [-0.15, -0.1) is 0 Å². The van der Waals surface area contributed by atoms with E-state index in [1.807, 2.05) is 6.07 Å². The Kier molecular flexibility index (Phi) is 2.24. The molecule has 1 aromatic heterocycles. The zero-order valence-electron chi connectivity index (χ0n) is 7.00. The van der Waals surface area contributed by atoms with E-state index in [0.717, 1.165) is 0 Å².